The topological polar surface area (TPSA) is 29.3 Å². The van der Waals surface area contributed by atoms with Gasteiger partial charge >= 0.3 is 0 Å². The summed E-state index contributed by atoms with van der Waals surface area (Å²) in [6.07, 6.45) is 0. The first-order chi connectivity index (χ1) is 6.93. The number of hydrogen-bond donors (Lipinski definition) is 1. The molecule has 0 aliphatic heterocycles. The monoisotopic (exact) mass is 286 g/mol. The van der Waals surface area contributed by atoms with Gasteiger partial charge in [-0.25, -0.2) is 0 Å². The Balaban J connectivity index is 3.24. The van der Waals surface area contributed by atoms with Crippen LogP contribution in [0.4, 0.5) is 5.69 Å². The molecule has 82 valence electrons. The van der Waals surface area contributed by atoms with Gasteiger partial charge in [-0.05, 0) is 32.0 Å². The van der Waals surface area contributed by atoms with Crippen LogP contribution in [-0.2, 0) is 0 Å². The van der Waals surface area contributed by atoms with Crippen molar-refractivity contribution in [1.29, 1.82) is 0 Å². The molecule has 0 atom stereocenters. The highest BCUT2D eigenvalue weighted by molar-refractivity contribution is 9.10. The molecule has 0 aliphatic carbocycles. The van der Waals surface area contributed by atoms with Crippen LogP contribution in [0.25, 0.3) is 0 Å². The second-order valence-corrected chi connectivity index (χ2v) is 5.09. The van der Waals surface area contributed by atoms with Gasteiger partial charge in [-0.3, -0.25) is 0 Å². The lowest BCUT2D eigenvalue weighted by Gasteiger charge is -2.26. The lowest BCUT2D eigenvalue weighted by Crippen LogP contribution is -2.28. The van der Waals surface area contributed by atoms with Crippen LogP contribution in [0.3, 0.4) is 0 Å². The molecule has 0 saturated carbocycles. The summed E-state index contributed by atoms with van der Waals surface area (Å²) in [6, 6.07) is 6.34. The quantitative estimate of drug-likeness (QED) is 0.867. The van der Waals surface area contributed by atoms with Gasteiger partial charge in [-0.2, -0.15) is 0 Å². The third-order valence-electron chi connectivity index (χ3n) is 2.38. The third-order valence-corrected chi connectivity index (χ3v) is 3.09. The molecule has 0 heterocycles. The van der Waals surface area contributed by atoms with Gasteiger partial charge < -0.3 is 10.6 Å². The third kappa shape index (κ3) is 2.92. The van der Waals surface area contributed by atoms with Crippen molar-refractivity contribution in [1.82, 2.24) is 0 Å². The second-order valence-electron chi connectivity index (χ2n) is 3.73. The minimum Gasteiger partial charge on any atom is -0.389 e. The molecule has 1 rings (SSSR count). The van der Waals surface area contributed by atoms with Gasteiger partial charge in [0, 0.05) is 28.8 Å². The maximum absolute atomic E-state index is 5.69. The zero-order chi connectivity index (χ0) is 11.6. The molecule has 0 radical (unpaired) electrons. The Hall–Kier alpha value is -0.610. The van der Waals surface area contributed by atoms with Crippen molar-refractivity contribution in [3.05, 3.63) is 28.2 Å². The smallest absolute Gasteiger partial charge is 0.106 e. The summed E-state index contributed by atoms with van der Waals surface area (Å²) >= 11 is 8.49. The predicted octanol–water partition coefficient (Wildman–Crippen LogP) is 2.93. The number of thiocarbonyl (C=S) groups is 1. The van der Waals surface area contributed by atoms with Crippen LogP contribution in [0.15, 0.2) is 22.7 Å². The zero-order valence-corrected chi connectivity index (χ0v) is 11.5. The molecule has 0 amide bonds. The molecule has 15 heavy (non-hydrogen) atoms. The van der Waals surface area contributed by atoms with Crippen molar-refractivity contribution >= 4 is 38.8 Å². The molecule has 2 nitrogen and oxygen atoms in total. The molecule has 1 aromatic carbocycles. The molecule has 0 unspecified atom stereocenters. The number of hydrogen-bond acceptors (Lipinski definition) is 2. The number of benzene rings is 1. The average molecular weight is 287 g/mol. The van der Waals surface area contributed by atoms with Gasteiger partial charge in [0.2, 0.25) is 0 Å². The van der Waals surface area contributed by atoms with Gasteiger partial charge in [-0.15, -0.1) is 0 Å². The average Bonchev–Trinajstić information content (AvgIpc) is 2.15. The van der Waals surface area contributed by atoms with E-state index in [1.54, 1.807) is 0 Å². The summed E-state index contributed by atoms with van der Waals surface area (Å²) in [6.45, 7) is 4.26. The zero-order valence-electron chi connectivity index (χ0n) is 9.12. The Morgan fingerprint density at radius 3 is 2.53 bits per heavy atom. The fourth-order valence-corrected chi connectivity index (χ4v) is 1.80. The SMILES string of the molecule is CC(C)N(C)c1cc(Br)ccc1C(N)=S. The van der Waals surface area contributed by atoms with E-state index in [1.807, 2.05) is 25.2 Å². The number of nitrogens with two attached hydrogens (primary N) is 1. The van der Waals surface area contributed by atoms with Crippen LogP contribution in [0.1, 0.15) is 19.4 Å². The number of halogens is 1. The van der Waals surface area contributed by atoms with E-state index in [0.717, 1.165) is 15.7 Å². The fourth-order valence-electron chi connectivity index (χ4n) is 1.28. The van der Waals surface area contributed by atoms with Crippen LogP contribution < -0.4 is 10.6 Å². The Morgan fingerprint density at radius 2 is 2.07 bits per heavy atom. The fraction of sp³-hybridized carbons (Fsp3) is 0.364. The Bertz CT molecular complexity index is 377. The molecule has 0 fully saturated rings. The largest absolute Gasteiger partial charge is 0.389 e. The number of anilines is 1. The molecule has 0 aliphatic rings. The number of rotatable bonds is 3. The minimum atomic E-state index is 0.410. The van der Waals surface area contributed by atoms with Crippen molar-refractivity contribution in [2.24, 2.45) is 5.73 Å². The van der Waals surface area contributed by atoms with Crippen LogP contribution in [0.5, 0.6) is 0 Å². The molecule has 1 aromatic rings. The van der Waals surface area contributed by atoms with Crippen molar-refractivity contribution in [2.45, 2.75) is 19.9 Å². The highest BCUT2D eigenvalue weighted by Crippen LogP contribution is 2.25. The van der Waals surface area contributed by atoms with Crippen LogP contribution in [0, 0.1) is 0 Å². The van der Waals surface area contributed by atoms with E-state index in [4.69, 9.17) is 18.0 Å². The maximum atomic E-state index is 5.69. The summed E-state index contributed by atoms with van der Waals surface area (Å²) in [5.41, 5.74) is 7.67. The molecule has 0 bridgehead atoms. The van der Waals surface area contributed by atoms with Gasteiger partial charge in [0.1, 0.15) is 4.99 Å². The second kappa shape index (κ2) is 4.94. The normalized spacial score (nSPS) is 10.5. The van der Waals surface area contributed by atoms with E-state index < -0.39 is 0 Å². The van der Waals surface area contributed by atoms with E-state index >= 15 is 0 Å². The highest BCUT2D eigenvalue weighted by Gasteiger charge is 2.12. The van der Waals surface area contributed by atoms with E-state index in [2.05, 4.69) is 34.7 Å². The Labute approximate surface area is 105 Å². The summed E-state index contributed by atoms with van der Waals surface area (Å²) in [5.74, 6) is 0. The van der Waals surface area contributed by atoms with Gasteiger partial charge in [0.05, 0.1) is 0 Å². The van der Waals surface area contributed by atoms with Crippen molar-refractivity contribution in [2.75, 3.05) is 11.9 Å². The molecule has 0 aromatic heterocycles. The van der Waals surface area contributed by atoms with Crippen LogP contribution >= 0.6 is 28.1 Å². The molecule has 0 saturated heterocycles. The van der Waals surface area contributed by atoms with Crippen LogP contribution in [0.2, 0.25) is 0 Å². The lowest BCUT2D eigenvalue weighted by molar-refractivity contribution is 0.754. The predicted molar refractivity (Wildman–Crippen MR) is 73.6 cm³/mol. The first-order valence-corrected chi connectivity index (χ1v) is 5.95. The summed E-state index contributed by atoms with van der Waals surface area (Å²) in [7, 11) is 2.04. The van der Waals surface area contributed by atoms with Crippen LogP contribution in [-0.4, -0.2) is 18.1 Å². The van der Waals surface area contributed by atoms with E-state index in [9.17, 15) is 0 Å². The van der Waals surface area contributed by atoms with Crippen molar-refractivity contribution in [3.63, 3.8) is 0 Å². The molecule has 2 N–H and O–H groups in total. The maximum Gasteiger partial charge on any atom is 0.106 e. The van der Waals surface area contributed by atoms with Gasteiger partial charge in [-0.1, -0.05) is 28.1 Å². The van der Waals surface area contributed by atoms with Gasteiger partial charge in [0.25, 0.3) is 0 Å². The van der Waals surface area contributed by atoms with E-state index in [-0.39, 0.29) is 0 Å². The standard InChI is InChI=1S/C11H15BrN2S/c1-7(2)14(3)10-6-8(12)4-5-9(10)11(13)15/h4-7H,1-3H3,(H2,13,15). The number of nitrogens with zero attached hydrogens (tertiary/aromatic N) is 1. The first kappa shape index (κ1) is 12.5. The minimum absolute atomic E-state index is 0.410. The summed E-state index contributed by atoms with van der Waals surface area (Å²) in [4.78, 5) is 2.59. The molecular formula is C11H15BrN2S. The highest BCUT2D eigenvalue weighted by atomic mass is 79.9. The first-order valence-electron chi connectivity index (χ1n) is 4.75. The Kier molecular flexibility index (Phi) is 4.11. The Morgan fingerprint density at radius 1 is 1.47 bits per heavy atom. The molecule has 0 spiro atoms. The lowest BCUT2D eigenvalue weighted by atomic mass is 10.1. The van der Waals surface area contributed by atoms with E-state index in [1.165, 1.54) is 0 Å². The summed E-state index contributed by atoms with van der Waals surface area (Å²) in [5, 5.41) is 0. The van der Waals surface area contributed by atoms with Gasteiger partial charge in [0.15, 0.2) is 0 Å². The molecule has 4 heteroatoms. The summed E-state index contributed by atoms with van der Waals surface area (Å²) < 4.78 is 1.03. The molecular weight excluding hydrogens is 272 g/mol. The van der Waals surface area contributed by atoms with Crippen molar-refractivity contribution < 1.29 is 0 Å². The van der Waals surface area contributed by atoms with E-state index in [0.29, 0.717) is 11.0 Å². The van der Waals surface area contributed by atoms with Crippen molar-refractivity contribution in [3.8, 4) is 0 Å².